The van der Waals surface area contributed by atoms with Crippen LogP contribution >= 0.6 is 11.6 Å². The second-order valence-electron chi connectivity index (χ2n) is 3.46. The predicted molar refractivity (Wildman–Crippen MR) is 65.9 cm³/mol. The minimum Gasteiger partial charge on any atom is -0.355 e. The highest BCUT2D eigenvalue weighted by atomic mass is 35.5. The lowest BCUT2D eigenvalue weighted by Crippen LogP contribution is -2.35. The highest BCUT2D eigenvalue weighted by molar-refractivity contribution is 6.29. The van der Waals surface area contributed by atoms with Crippen LogP contribution in [0.25, 0.3) is 0 Å². The molecular weight excluding hydrogens is 240 g/mol. The van der Waals surface area contributed by atoms with Crippen molar-refractivity contribution in [2.45, 2.75) is 6.92 Å². The van der Waals surface area contributed by atoms with Crippen molar-refractivity contribution in [2.75, 3.05) is 25.0 Å². The molecule has 0 aliphatic carbocycles. The lowest BCUT2D eigenvalue weighted by atomic mass is 10.3. The SMILES string of the molecule is CCNC(=O)CN(C)c1cc(C#N)cc(Cl)n1. The van der Waals surface area contributed by atoms with Gasteiger partial charge in [-0.2, -0.15) is 5.26 Å². The Kier molecular flexibility index (Phi) is 4.73. The fourth-order valence-corrected chi connectivity index (χ4v) is 1.50. The molecule has 0 spiro atoms. The number of carbonyl (C=O) groups is 1. The maximum Gasteiger partial charge on any atom is 0.239 e. The molecule has 0 unspecified atom stereocenters. The van der Waals surface area contributed by atoms with Crippen LogP contribution in [0.1, 0.15) is 12.5 Å². The van der Waals surface area contributed by atoms with Crippen molar-refractivity contribution < 1.29 is 4.79 Å². The molecule has 1 N–H and O–H groups in total. The quantitative estimate of drug-likeness (QED) is 0.817. The van der Waals surface area contributed by atoms with Crippen LogP contribution in [-0.4, -0.2) is 31.0 Å². The molecule has 0 saturated heterocycles. The zero-order chi connectivity index (χ0) is 12.8. The molecule has 0 radical (unpaired) electrons. The van der Waals surface area contributed by atoms with Gasteiger partial charge in [-0.1, -0.05) is 11.6 Å². The number of hydrogen-bond acceptors (Lipinski definition) is 4. The van der Waals surface area contributed by atoms with E-state index in [0.29, 0.717) is 17.9 Å². The summed E-state index contributed by atoms with van der Waals surface area (Å²) in [4.78, 5) is 17.1. The average molecular weight is 253 g/mol. The number of nitrogens with zero attached hydrogens (tertiary/aromatic N) is 3. The summed E-state index contributed by atoms with van der Waals surface area (Å²) in [6.07, 6.45) is 0. The Balaban J connectivity index is 2.82. The molecule has 5 nitrogen and oxygen atoms in total. The van der Waals surface area contributed by atoms with Gasteiger partial charge >= 0.3 is 0 Å². The van der Waals surface area contributed by atoms with Crippen LogP contribution in [0.4, 0.5) is 5.82 Å². The first-order chi connectivity index (χ1) is 8.06. The Hall–Kier alpha value is -1.80. The smallest absolute Gasteiger partial charge is 0.239 e. The van der Waals surface area contributed by atoms with Gasteiger partial charge in [0, 0.05) is 13.6 Å². The number of aromatic nitrogens is 1. The number of nitriles is 1. The van der Waals surface area contributed by atoms with Gasteiger partial charge in [-0.05, 0) is 19.1 Å². The molecule has 1 aromatic rings. The van der Waals surface area contributed by atoms with Crippen LogP contribution in [0.3, 0.4) is 0 Å². The van der Waals surface area contributed by atoms with Crippen LogP contribution in [-0.2, 0) is 4.79 Å². The van der Waals surface area contributed by atoms with E-state index in [-0.39, 0.29) is 17.6 Å². The molecule has 90 valence electrons. The Morgan fingerprint density at radius 1 is 1.65 bits per heavy atom. The molecule has 1 amide bonds. The van der Waals surface area contributed by atoms with Gasteiger partial charge in [-0.25, -0.2) is 4.98 Å². The number of halogens is 1. The number of carbonyl (C=O) groups excluding carboxylic acids is 1. The lowest BCUT2D eigenvalue weighted by molar-refractivity contribution is -0.119. The van der Waals surface area contributed by atoms with Crippen molar-refractivity contribution in [3.05, 3.63) is 22.8 Å². The molecule has 0 atom stereocenters. The van der Waals surface area contributed by atoms with Crippen molar-refractivity contribution in [1.29, 1.82) is 5.26 Å². The molecule has 1 rings (SSSR count). The maximum atomic E-state index is 11.4. The van der Waals surface area contributed by atoms with Crippen molar-refractivity contribution >= 4 is 23.3 Å². The highest BCUT2D eigenvalue weighted by Crippen LogP contribution is 2.16. The van der Waals surface area contributed by atoms with E-state index in [9.17, 15) is 4.79 Å². The third-order valence-electron chi connectivity index (χ3n) is 2.06. The van der Waals surface area contributed by atoms with Crippen LogP contribution in [0, 0.1) is 11.3 Å². The number of hydrogen-bond donors (Lipinski definition) is 1. The molecule has 17 heavy (non-hydrogen) atoms. The predicted octanol–water partition coefficient (Wildman–Crippen LogP) is 1.18. The van der Waals surface area contributed by atoms with Gasteiger partial charge < -0.3 is 10.2 Å². The maximum absolute atomic E-state index is 11.4. The topological polar surface area (TPSA) is 69.0 Å². The summed E-state index contributed by atoms with van der Waals surface area (Å²) in [5.41, 5.74) is 0.419. The zero-order valence-corrected chi connectivity index (χ0v) is 10.5. The molecule has 0 aliphatic rings. The first-order valence-electron chi connectivity index (χ1n) is 5.12. The van der Waals surface area contributed by atoms with Gasteiger partial charge in [0.15, 0.2) is 0 Å². The van der Waals surface area contributed by atoms with E-state index in [1.54, 1.807) is 18.0 Å². The molecule has 6 heteroatoms. The van der Waals surface area contributed by atoms with Gasteiger partial charge in [0.25, 0.3) is 0 Å². The van der Waals surface area contributed by atoms with E-state index >= 15 is 0 Å². The van der Waals surface area contributed by atoms with Gasteiger partial charge in [-0.3, -0.25) is 4.79 Å². The normalized spacial score (nSPS) is 9.53. The van der Waals surface area contributed by atoms with Crippen molar-refractivity contribution in [1.82, 2.24) is 10.3 Å². The van der Waals surface area contributed by atoms with Crippen molar-refractivity contribution in [3.8, 4) is 6.07 Å². The second-order valence-corrected chi connectivity index (χ2v) is 3.85. The number of pyridine rings is 1. The average Bonchev–Trinajstić information content (AvgIpc) is 2.28. The summed E-state index contributed by atoms with van der Waals surface area (Å²) in [5.74, 6) is 0.399. The van der Waals surface area contributed by atoms with Crippen LogP contribution in [0.2, 0.25) is 5.15 Å². The summed E-state index contributed by atoms with van der Waals surface area (Å²) in [7, 11) is 1.72. The molecule has 1 heterocycles. The minimum atomic E-state index is -0.102. The van der Waals surface area contributed by atoms with E-state index in [2.05, 4.69) is 10.3 Å². The molecule has 0 aliphatic heterocycles. The summed E-state index contributed by atoms with van der Waals surface area (Å²) in [5, 5.41) is 11.7. The van der Waals surface area contributed by atoms with E-state index in [0.717, 1.165) is 0 Å². The lowest BCUT2D eigenvalue weighted by Gasteiger charge is -2.17. The Bertz CT molecular complexity index is 455. The standard InChI is InChI=1S/C11H13ClN4O/c1-3-14-11(17)7-16(2)10-5-8(6-13)4-9(12)15-10/h4-5H,3,7H2,1-2H3,(H,14,17). The summed E-state index contributed by atoms with van der Waals surface area (Å²) >= 11 is 5.78. The Morgan fingerprint density at radius 2 is 2.35 bits per heavy atom. The molecule has 0 bridgehead atoms. The number of nitrogens with one attached hydrogen (secondary N) is 1. The fraction of sp³-hybridized carbons (Fsp3) is 0.364. The van der Waals surface area contributed by atoms with Crippen molar-refractivity contribution in [2.24, 2.45) is 0 Å². The van der Waals surface area contributed by atoms with E-state index in [1.807, 2.05) is 13.0 Å². The number of likely N-dealkylation sites (N-methyl/N-ethyl adjacent to an activating group) is 2. The monoisotopic (exact) mass is 252 g/mol. The Labute approximate surface area is 105 Å². The summed E-state index contributed by atoms with van der Waals surface area (Å²) in [6, 6.07) is 5.06. The number of rotatable bonds is 4. The first-order valence-corrected chi connectivity index (χ1v) is 5.50. The highest BCUT2D eigenvalue weighted by Gasteiger charge is 2.09. The molecular formula is C11H13ClN4O. The zero-order valence-electron chi connectivity index (χ0n) is 9.70. The van der Waals surface area contributed by atoms with Crippen LogP contribution < -0.4 is 10.2 Å². The van der Waals surface area contributed by atoms with E-state index in [4.69, 9.17) is 16.9 Å². The van der Waals surface area contributed by atoms with Gasteiger partial charge in [0.1, 0.15) is 11.0 Å². The van der Waals surface area contributed by atoms with Crippen LogP contribution in [0.5, 0.6) is 0 Å². The minimum absolute atomic E-state index is 0.102. The fourth-order valence-electron chi connectivity index (χ4n) is 1.29. The van der Waals surface area contributed by atoms with Gasteiger partial charge in [0.05, 0.1) is 18.2 Å². The van der Waals surface area contributed by atoms with Crippen LogP contribution in [0.15, 0.2) is 12.1 Å². The van der Waals surface area contributed by atoms with Gasteiger partial charge in [0.2, 0.25) is 5.91 Å². The Morgan fingerprint density at radius 3 is 2.94 bits per heavy atom. The summed E-state index contributed by atoms with van der Waals surface area (Å²) < 4.78 is 0. The molecule has 0 fully saturated rings. The molecule has 1 aromatic heterocycles. The molecule has 0 aromatic carbocycles. The molecule has 0 saturated carbocycles. The summed E-state index contributed by atoms with van der Waals surface area (Å²) in [6.45, 7) is 2.61. The van der Waals surface area contributed by atoms with E-state index < -0.39 is 0 Å². The second kappa shape index (κ2) is 6.06. The van der Waals surface area contributed by atoms with Gasteiger partial charge in [-0.15, -0.1) is 0 Å². The first kappa shape index (κ1) is 13.3. The van der Waals surface area contributed by atoms with Crippen molar-refractivity contribution in [3.63, 3.8) is 0 Å². The number of anilines is 1. The third kappa shape index (κ3) is 3.93. The number of amides is 1. The third-order valence-corrected chi connectivity index (χ3v) is 2.25. The van der Waals surface area contributed by atoms with E-state index in [1.165, 1.54) is 6.07 Å². The largest absolute Gasteiger partial charge is 0.355 e.